The summed E-state index contributed by atoms with van der Waals surface area (Å²) in [5, 5.41) is 0. The van der Waals surface area contributed by atoms with E-state index in [1.165, 1.54) is 30.8 Å². The summed E-state index contributed by atoms with van der Waals surface area (Å²) in [4.78, 5) is 0. The van der Waals surface area contributed by atoms with E-state index < -0.39 is 0 Å². The van der Waals surface area contributed by atoms with Gasteiger partial charge in [-0.3, -0.25) is 0 Å². The quantitative estimate of drug-likeness (QED) is 0.727. The number of hydrogen-bond acceptors (Lipinski definition) is 3. The Kier molecular flexibility index (Phi) is 3.40. The highest BCUT2D eigenvalue weighted by molar-refractivity contribution is 7.99. The predicted molar refractivity (Wildman–Crippen MR) is 61.6 cm³/mol. The van der Waals surface area contributed by atoms with Crippen LogP contribution in [-0.2, 0) is 4.74 Å². The van der Waals surface area contributed by atoms with E-state index in [0.717, 1.165) is 13.0 Å². The van der Waals surface area contributed by atoms with Crippen molar-refractivity contribution in [3.05, 3.63) is 0 Å². The van der Waals surface area contributed by atoms with Crippen molar-refractivity contribution in [3.8, 4) is 0 Å². The largest absolute Gasteiger partial charge is 0.375 e. The minimum absolute atomic E-state index is 0.210. The molecule has 0 aliphatic carbocycles. The first-order chi connectivity index (χ1) is 6.72. The van der Waals surface area contributed by atoms with Crippen molar-refractivity contribution in [3.63, 3.8) is 0 Å². The van der Waals surface area contributed by atoms with Gasteiger partial charge in [-0.25, -0.2) is 0 Å². The number of ether oxygens (including phenoxy) is 1. The molecule has 2 fully saturated rings. The molecule has 2 aliphatic heterocycles. The third-order valence-corrected chi connectivity index (χ3v) is 4.66. The van der Waals surface area contributed by atoms with Crippen molar-refractivity contribution in [1.82, 2.24) is 0 Å². The molecule has 0 saturated carbocycles. The first-order valence-electron chi connectivity index (χ1n) is 5.69. The van der Waals surface area contributed by atoms with Gasteiger partial charge in [-0.05, 0) is 50.0 Å². The van der Waals surface area contributed by atoms with Crippen LogP contribution < -0.4 is 5.73 Å². The molecular formula is C11H21NOS. The summed E-state index contributed by atoms with van der Waals surface area (Å²) in [7, 11) is 0. The average Bonchev–Trinajstić information content (AvgIpc) is 2.19. The van der Waals surface area contributed by atoms with Crippen LogP contribution in [0.5, 0.6) is 0 Å². The van der Waals surface area contributed by atoms with E-state index in [-0.39, 0.29) is 5.60 Å². The van der Waals surface area contributed by atoms with Crippen molar-refractivity contribution < 1.29 is 4.74 Å². The SMILES string of the molecule is CC(N)C1CCOC2(CCSCC2)C1. The normalized spacial score (nSPS) is 34.3. The minimum atomic E-state index is 0.210. The second-order valence-electron chi connectivity index (χ2n) is 4.76. The summed E-state index contributed by atoms with van der Waals surface area (Å²) < 4.78 is 6.02. The molecule has 2 saturated heterocycles. The molecule has 0 aromatic rings. The van der Waals surface area contributed by atoms with Crippen LogP contribution in [0.2, 0.25) is 0 Å². The van der Waals surface area contributed by atoms with Gasteiger partial charge < -0.3 is 10.5 Å². The molecule has 0 radical (unpaired) electrons. The van der Waals surface area contributed by atoms with Gasteiger partial charge in [0.15, 0.2) is 0 Å². The summed E-state index contributed by atoms with van der Waals surface area (Å²) in [6.07, 6.45) is 4.83. The Bertz CT molecular complexity index is 184. The van der Waals surface area contributed by atoms with Crippen LogP contribution in [0.3, 0.4) is 0 Å². The van der Waals surface area contributed by atoms with Crippen LogP contribution in [0, 0.1) is 5.92 Å². The van der Waals surface area contributed by atoms with Crippen LogP contribution in [-0.4, -0.2) is 29.8 Å². The first-order valence-corrected chi connectivity index (χ1v) is 6.85. The maximum absolute atomic E-state index is 6.02. The third-order valence-electron chi connectivity index (χ3n) is 3.68. The molecule has 2 rings (SSSR count). The van der Waals surface area contributed by atoms with Crippen LogP contribution in [0.25, 0.3) is 0 Å². The maximum atomic E-state index is 6.02. The zero-order chi connectivity index (χ0) is 10.0. The Hall–Kier alpha value is 0.270. The van der Waals surface area contributed by atoms with Crippen LogP contribution >= 0.6 is 11.8 Å². The van der Waals surface area contributed by atoms with E-state index in [1.54, 1.807) is 0 Å². The lowest BCUT2D eigenvalue weighted by Crippen LogP contribution is -2.46. The van der Waals surface area contributed by atoms with Gasteiger partial charge in [0.25, 0.3) is 0 Å². The highest BCUT2D eigenvalue weighted by Crippen LogP contribution is 2.40. The van der Waals surface area contributed by atoms with Crippen LogP contribution in [0.15, 0.2) is 0 Å². The predicted octanol–water partition coefficient (Wildman–Crippen LogP) is 2.03. The van der Waals surface area contributed by atoms with Crippen molar-refractivity contribution in [2.24, 2.45) is 11.7 Å². The molecule has 0 bridgehead atoms. The molecule has 0 aromatic heterocycles. The molecule has 2 N–H and O–H groups in total. The topological polar surface area (TPSA) is 35.2 Å². The van der Waals surface area contributed by atoms with Gasteiger partial charge in [0.05, 0.1) is 5.60 Å². The van der Waals surface area contributed by atoms with Gasteiger partial charge in [0.1, 0.15) is 0 Å². The molecule has 2 nitrogen and oxygen atoms in total. The molecule has 3 heteroatoms. The highest BCUT2D eigenvalue weighted by Gasteiger charge is 2.39. The fourth-order valence-electron chi connectivity index (χ4n) is 2.61. The highest BCUT2D eigenvalue weighted by atomic mass is 32.2. The number of hydrogen-bond donors (Lipinski definition) is 1. The third kappa shape index (κ3) is 2.26. The number of nitrogens with two attached hydrogens (primary N) is 1. The molecule has 14 heavy (non-hydrogen) atoms. The number of thioether (sulfide) groups is 1. The summed E-state index contributed by atoms with van der Waals surface area (Å²) in [6.45, 7) is 3.07. The molecule has 2 heterocycles. The molecule has 2 aliphatic rings. The number of rotatable bonds is 1. The van der Waals surface area contributed by atoms with Gasteiger partial charge >= 0.3 is 0 Å². The summed E-state index contributed by atoms with van der Waals surface area (Å²) in [5.41, 5.74) is 6.21. The van der Waals surface area contributed by atoms with E-state index in [9.17, 15) is 0 Å². The smallest absolute Gasteiger partial charge is 0.0701 e. The minimum Gasteiger partial charge on any atom is -0.375 e. The Balaban J connectivity index is 1.97. The molecule has 1 spiro atoms. The Labute approximate surface area is 91.0 Å². The molecule has 2 unspecified atom stereocenters. The molecular weight excluding hydrogens is 194 g/mol. The zero-order valence-electron chi connectivity index (χ0n) is 9.00. The maximum Gasteiger partial charge on any atom is 0.0701 e. The van der Waals surface area contributed by atoms with Crippen molar-refractivity contribution in [1.29, 1.82) is 0 Å². The van der Waals surface area contributed by atoms with Crippen molar-refractivity contribution in [2.45, 2.75) is 44.2 Å². The Morgan fingerprint density at radius 3 is 2.79 bits per heavy atom. The summed E-state index contributed by atoms with van der Waals surface area (Å²) in [5.74, 6) is 3.23. The summed E-state index contributed by atoms with van der Waals surface area (Å²) in [6, 6.07) is 0.338. The first kappa shape index (κ1) is 10.8. The second kappa shape index (κ2) is 4.42. The lowest BCUT2D eigenvalue weighted by atomic mass is 9.79. The van der Waals surface area contributed by atoms with Crippen molar-refractivity contribution >= 4 is 11.8 Å². The fourth-order valence-corrected chi connectivity index (χ4v) is 3.84. The van der Waals surface area contributed by atoms with E-state index >= 15 is 0 Å². The molecule has 82 valence electrons. The Morgan fingerprint density at radius 1 is 1.43 bits per heavy atom. The Morgan fingerprint density at radius 2 is 2.14 bits per heavy atom. The lowest BCUT2D eigenvalue weighted by molar-refractivity contribution is -0.104. The standard InChI is InChI=1S/C11H21NOS/c1-9(12)10-2-5-13-11(8-10)3-6-14-7-4-11/h9-10H,2-8,12H2,1H3. The van der Waals surface area contributed by atoms with Gasteiger partial charge in [-0.15, -0.1) is 0 Å². The average molecular weight is 215 g/mol. The van der Waals surface area contributed by atoms with Crippen molar-refractivity contribution in [2.75, 3.05) is 18.1 Å². The molecule has 2 atom stereocenters. The lowest BCUT2D eigenvalue weighted by Gasteiger charge is -2.44. The van der Waals surface area contributed by atoms with Gasteiger partial charge in [0, 0.05) is 12.6 Å². The molecule has 0 amide bonds. The van der Waals surface area contributed by atoms with E-state index in [0.29, 0.717) is 12.0 Å². The second-order valence-corrected chi connectivity index (χ2v) is 5.98. The zero-order valence-corrected chi connectivity index (χ0v) is 9.81. The summed E-state index contributed by atoms with van der Waals surface area (Å²) >= 11 is 2.06. The van der Waals surface area contributed by atoms with E-state index in [1.807, 2.05) is 0 Å². The fraction of sp³-hybridized carbons (Fsp3) is 1.00. The monoisotopic (exact) mass is 215 g/mol. The van der Waals surface area contributed by atoms with E-state index in [2.05, 4.69) is 18.7 Å². The van der Waals surface area contributed by atoms with Gasteiger partial charge in [-0.1, -0.05) is 0 Å². The van der Waals surface area contributed by atoms with Gasteiger partial charge in [0.2, 0.25) is 0 Å². The van der Waals surface area contributed by atoms with E-state index in [4.69, 9.17) is 10.5 Å². The molecule has 0 aromatic carbocycles. The van der Waals surface area contributed by atoms with Crippen LogP contribution in [0.1, 0.15) is 32.6 Å². The van der Waals surface area contributed by atoms with Crippen LogP contribution in [0.4, 0.5) is 0 Å². The van der Waals surface area contributed by atoms with Gasteiger partial charge in [-0.2, -0.15) is 11.8 Å².